The molecule has 1 amide bonds. The number of nitrogens with one attached hydrogen (secondary N) is 1. The molecule has 2 aromatic rings. The van der Waals surface area contributed by atoms with E-state index in [0.29, 0.717) is 6.42 Å². The van der Waals surface area contributed by atoms with Gasteiger partial charge in [-0.15, -0.1) is 0 Å². The van der Waals surface area contributed by atoms with E-state index < -0.39 is 0 Å². The summed E-state index contributed by atoms with van der Waals surface area (Å²) >= 11 is 0. The average molecular weight is 268 g/mol. The van der Waals surface area contributed by atoms with Gasteiger partial charge in [0.25, 0.3) is 0 Å². The fourth-order valence-corrected chi connectivity index (χ4v) is 2.25. The first kappa shape index (κ1) is 14.1. The lowest BCUT2D eigenvalue weighted by atomic mass is 9.93. The summed E-state index contributed by atoms with van der Waals surface area (Å²) in [6.07, 6.45) is 0.675. The Morgan fingerprint density at radius 3 is 2.15 bits per heavy atom. The van der Waals surface area contributed by atoms with Gasteiger partial charge in [0.1, 0.15) is 6.04 Å². The highest BCUT2D eigenvalue weighted by Gasteiger charge is 2.19. The van der Waals surface area contributed by atoms with Crippen LogP contribution in [0, 0.1) is 0 Å². The second kappa shape index (κ2) is 6.75. The zero-order valence-corrected chi connectivity index (χ0v) is 11.6. The minimum Gasteiger partial charge on any atom is -0.374 e. The summed E-state index contributed by atoms with van der Waals surface area (Å²) in [5.74, 6) is -0.0541. The smallest absolute Gasteiger partial charge is 0.239 e. The molecule has 2 atom stereocenters. The zero-order valence-electron chi connectivity index (χ0n) is 11.6. The average Bonchev–Trinajstić information content (AvgIpc) is 2.48. The number of benzene rings is 2. The lowest BCUT2D eigenvalue weighted by Crippen LogP contribution is -2.36. The van der Waals surface area contributed by atoms with E-state index in [2.05, 4.69) is 24.4 Å². The summed E-state index contributed by atoms with van der Waals surface area (Å²) in [6.45, 7) is 2.11. The Kier molecular flexibility index (Phi) is 4.77. The second-order valence-electron chi connectivity index (χ2n) is 5.01. The molecule has 0 saturated carbocycles. The monoisotopic (exact) mass is 268 g/mol. The number of para-hydroxylation sites is 1. The van der Waals surface area contributed by atoms with E-state index in [4.69, 9.17) is 5.73 Å². The van der Waals surface area contributed by atoms with Gasteiger partial charge in [-0.05, 0) is 30.0 Å². The summed E-state index contributed by atoms with van der Waals surface area (Å²) in [5.41, 5.74) is 7.64. The molecule has 3 heteroatoms. The van der Waals surface area contributed by atoms with Crippen molar-refractivity contribution in [2.75, 3.05) is 5.32 Å². The van der Waals surface area contributed by atoms with Gasteiger partial charge in [0.05, 0.1) is 0 Å². The summed E-state index contributed by atoms with van der Waals surface area (Å²) < 4.78 is 0. The molecule has 3 N–H and O–H groups in total. The third-order valence-electron chi connectivity index (χ3n) is 3.42. The molecule has 2 unspecified atom stereocenters. The van der Waals surface area contributed by atoms with Gasteiger partial charge in [-0.2, -0.15) is 0 Å². The maximum atomic E-state index is 11.6. The van der Waals surface area contributed by atoms with E-state index in [1.54, 1.807) is 0 Å². The third kappa shape index (κ3) is 3.85. The van der Waals surface area contributed by atoms with Gasteiger partial charge in [0.15, 0.2) is 0 Å². The van der Waals surface area contributed by atoms with E-state index >= 15 is 0 Å². The highest BCUT2D eigenvalue weighted by molar-refractivity contribution is 5.83. The van der Waals surface area contributed by atoms with E-state index in [-0.39, 0.29) is 17.9 Å². The highest BCUT2D eigenvalue weighted by Crippen LogP contribution is 2.22. The number of rotatable bonds is 6. The predicted molar refractivity (Wildman–Crippen MR) is 82.5 cm³/mol. The second-order valence-corrected chi connectivity index (χ2v) is 5.01. The molecule has 0 aromatic heterocycles. The van der Waals surface area contributed by atoms with Gasteiger partial charge in [0, 0.05) is 5.69 Å². The van der Waals surface area contributed by atoms with Crippen molar-refractivity contribution in [1.82, 2.24) is 0 Å². The Labute approximate surface area is 119 Å². The molecule has 3 nitrogen and oxygen atoms in total. The molecule has 0 fully saturated rings. The molecule has 0 aliphatic rings. The van der Waals surface area contributed by atoms with E-state index in [1.807, 2.05) is 48.5 Å². The number of hydrogen-bond donors (Lipinski definition) is 2. The van der Waals surface area contributed by atoms with E-state index in [1.165, 1.54) is 5.56 Å². The molecule has 0 heterocycles. The first-order valence-electron chi connectivity index (χ1n) is 6.82. The first-order valence-corrected chi connectivity index (χ1v) is 6.82. The summed E-state index contributed by atoms with van der Waals surface area (Å²) in [4.78, 5) is 11.6. The molecule has 0 saturated heterocycles. The van der Waals surface area contributed by atoms with Gasteiger partial charge in [-0.1, -0.05) is 55.5 Å². The number of hydrogen-bond acceptors (Lipinski definition) is 2. The largest absolute Gasteiger partial charge is 0.374 e. The number of carbonyl (C=O) groups excluding carboxylic acids is 1. The number of amides is 1. The van der Waals surface area contributed by atoms with Crippen LogP contribution in [0.25, 0.3) is 0 Å². The molecule has 0 radical (unpaired) electrons. The van der Waals surface area contributed by atoms with E-state index in [0.717, 1.165) is 5.69 Å². The number of nitrogens with two attached hydrogens (primary N) is 1. The number of anilines is 1. The van der Waals surface area contributed by atoms with Crippen LogP contribution < -0.4 is 11.1 Å². The van der Waals surface area contributed by atoms with Crippen LogP contribution in [-0.2, 0) is 4.79 Å². The van der Waals surface area contributed by atoms with Crippen molar-refractivity contribution in [3.05, 3.63) is 66.2 Å². The normalized spacial score (nSPS) is 13.4. The fourth-order valence-electron chi connectivity index (χ4n) is 2.25. The number of primary amides is 1. The molecule has 0 aliphatic heterocycles. The Hall–Kier alpha value is -2.29. The molecule has 104 valence electrons. The van der Waals surface area contributed by atoms with Crippen LogP contribution in [0.15, 0.2) is 60.7 Å². The molecule has 20 heavy (non-hydrogen) atoms. The third-order valence-corrected chi connectivity index (χ3v) is 3.42. The van der Waals surface area contributed by atoms with Gasteiger partial charge in [0.2, 0.25) is 5.91 Å². The van der Waals surface area contributed by atoms with Crippen LogP contribution in [0.4, 0.5) is 5.69 Å². The van der Waals surface area contributed by atoms with Crippen molar-refractivity contribution >= 4 is 11.6 Å². The first-order chi connectivity index (χ1) is 9.66. The molecule has 0 bridgehead atoms. The maximum Gasteiger partial charge on any atom is 0.239 e. The minimum atomic E-state index is -0.368. The molecule has 0 aliphatic carbocycles. The van der Waals surface area contributed by atoms with Crippen molar-refractivity contribution in [1.29, 1.82) is 0 Å². The van der Waals surface area contributed by atoms with Crippen molar-refractivity contribution in [2.24, 2.45) is 5.73 Å². The quantitative estimate of drug-likeness (QED) is 0.845. The molecular weight excluding hydrogens is 248 g/mol. The van der Waals surface area contributed by atoms with Gasteiger partial charge >= 0.3 is 0 Å². The topological polar surface area (TPSA) is 55.1 Å². The van der Waals surface area contributed by atoms with Crippen LogP contribution in [0.2, 0.25) is 0 Å². The van der Waals surface area contributed by atoms with Crippen LogP contribution in [0.3, 0.4) is 0 Å². The highest BCUT2D eigenvalue weighted by atomic mass is 16.1. The van der Waals surface area contributed by atoms with Crippen molar-refractivity contribution in [3.8, 4) is 0 Å². The van der Waals surface area contributed by atoms with Crippen LogP contribution >= 0.6 is 0 Å². The maximum absolute atomic E-state index is 11.6. The van der Waals surface area contributed by atoms with Crippen molar-refractivity contribution in [3.63, 3.8) is 0 Å². The van der Waals surface area contributed by atoms with Crippen LogP contribution in [0.5, 0.6) is 0 Å². The van der Waals surface area contributed by atoms with Gasteiger partial charge in [-0.3, -0.25) is 4.79 Å². The molecular formula is C17H20N2O. The molecule has 2 rings (SSSR count). The van der Waals surface area contributed by atoms with Gasteiger partial charge < -0.3 is 11.1 Å². The summed E-state index contributed by atoms with van der Waals surface area (Å²) in [7, 11) is 0. The Morgan fingerprint density at radius 1 is 1.05 bits per heavy atom. The molecule has 0 spiro atoms. The SMILES string of the molecule is CC(CC(Nc1ccccc1)C(N)=O)c1ccccc1. The van der Waals surface area contributed by atoms with Crippen LogP contribution in [-0.4, -0.2) is 11.9 Å². The summed E-state index contributed by atoms with van der Waals surface area (Å²) in [5, 5.41) is 3.20. The Morgan fingerprint density at radius 2 is 1.60 bits per heavy atom. The minimum absolute atomic E-state index is 0.268. The Bertz CT molecular complexity index is 539. The molecule has 2 aromatic carbocycles. The van der Waals surface area contributed by atoms with E-state index in [9.17, 15) is 4.79 Å². The lowest BCUT2D eigenvalue weighted by Gasteiger charge is -2.21. The summed E-state index contributed by atoms with van der Waals surface area (Å²) in [6, 6.07) is 19.5. The standard InChI is InChI=1S/C17H20N2O/c1-13(14-8-4-2-5-9-14)12-16(17(18)20)19-15-10-6-3-7-11-15/h2-11,13,16,19H,12H2,1H3,(H2,18,20). The van der Waals surface area contributed by atoms with Crippen molar-refractivity contribution in [2.45, 2.75) is 25.3 Å². The van der Waals surface area contributed by atoms with Crippen molar-refractivity contribution < 1.29 is 4.79 Å². The van der Waals surface area contributed by atoms with Crippen LogP contribution in [0.1, 0.15) is 24.8 Å². The predicted octanol–water partition coefficient (Wildman–Crippen LogP) is 3.15. The zero-order chi connectivity index (χ0) is 14.4. The Balaban J connectivity index is 2.05. The lowest BCUT2D eigenvalue weighted by molar-refractivity contribution is -0.118. The fraction of sp³-hybridized carbons (Fsp3) is 0.235. The van der Waals surface area contributed by atoms with Gasteiger partial charge in [-0.25, -0.2) is 0 Å². The number of carbonyl (C=O) groups is 1.